The van der Waals surface area contributed by atoms with E-state index in [4.69, 9.17) is 4.98 Å². The minimum Gasteiger partial charge on any atom is -0.363 e. The first-order valence-electron chi connectivity index (χ1n) is 10.9. The van der Waals surface area contributed by atoms with E-state index in [2.05, 4.69) is 45.5 Å². The van der Waals surface area contributed by atoms with Crippen molar-refractivity contribution in [1.82, 2.24) is 24.9 Å². The zero-order valence-corrected chi connectivity index (χ0v) is 18.2. The Labute approximate surface area is 186 Å². The average molecular weight is 432 g/mol. The molecule has 1 aliphatic rings. The van der Waals surface area contributed by atoms with Crippen molar-refractivity contribution in [3.05, 3.63) is 72.6 Å². The molecular weight excluding hydrogens is 405 g/mol. The van der Waals surface area contributed by atoms with E-state index in [1.54, 1.807) is 16.6 Å². The molecule has 0 saturated carbocycles. The van der Waals surface area contributed by atoms with Gasteiger partial charge < -0.3 is 15.5 Å². The lowest BCUT2D eigenvalue weighted by Crippen LogP contribution is -2.54. The van der Waals surface area contributed by atoms with E-state index in [1.165, 1.54) is 18.5 Å². The molecule has 7 nitrogen and oxygen atoms in total. The second-order valence-corrected chi connectivity index (χ2v) is 8.35. The molecule has 2 N–H and O–H groups in total. The number of nitrogens with one attached hydrogen (secondary N) is 2. The van der Waals surface area contributed by atoms with Crippen LogP contribution in [0.3, 0.4) is 0 Å². The van der Waals surface area contributed by atoms with E-state index >= 15 is 0 Å². The summed E-state index contributed by atoms with van der Waals surface area (Å²) in [5.41, 5.74) is 3.64. The molecule has 1 saturated heterocycles. The summed E-state index contributed by atoms with van der Waals surface area (Å²) < 4.78 is 15.2. The Hall–Kier alpha value is -3.52. The maximum Gasteiger partial charge on any atom is 0.154 e. The van der Waals surface area contributed by atoms with Crippen LogP contribution in [0.4, 0.5) is 16.0 Å². The van der Waals surface area contributed by atoms with Crippen molar-refractivity contribution < 1.29 is 4.39 Å². The van der Waals surface area contributed by atoms with E-state index in [1.807, 2.05) is 24.4 Å². The highest BCUT2D eigenvalue weighted by Crippen LogP contribution is 2.29. The number of fused-ring (bicyclic) bond motifs is 1. The summed E-state index contributed by atoms with van der Waals surface area (Å²) in [6.07, 6.45) is 3.41. The normalized spacial score (nSPS) is 18.8. The lowest BCUT2D eigenvalue weighted by atomic mass is 10.1. The standard InChI is InChI=1S/C24H26FN7/c1-16-13-31(14-17(2)29-16)22-5-3-4-20(30-22)12-26-24-23-21(10-11-32(23)28-15-27-24)18-6-8-19(25)9-7-18/h3-11,15-17,29H,12-14H2,1-2H3,(H,26,27,28)/t16-,17+. The summed E-state index contributed by atoms with van der Waals surface area (Å²) >= 11 is 0. The number of piperazine rings is 1. The third kappa shape index (κ3) is 4.13. The topological polar surface area (TPSA) is 70.4 Å². The second-order valence-electron chi connectivity index (χ2n) is 8.35. The average Bonchev–Trinajstić information content (AvgIpc) is 3.23. The highest BCUT2D eigenvalue weighted by atomic mass is 19.1. The number of pyridine rings is 1. The number of benzene rings is 1. The molecular formula is C24H26FN7. The predicted octanol–water partition coefficient (Wildman–Crippen LogP) is 3.73. The van der Waals surface area contributed by atoms with Crippen LogP contribution in [-0.2, 0) is 6.54 Å². The fraction of sp³-hybridized carbons (Fsp3) is 0.292. The van der Waals surface area contributed by atoms with Gasteiger partial charge >= 0.3 is 0 Å². The third-order valence-electron chi connectivity index (χ3n) is 5.72. The smallest absolute Gasteiger partial charge is 0.154 e. The SMILES string of the molecule is C[C@@H]1CN(c2cccc(CNc3ncnn4ccc(-c5ccc(F)cc5)c34)n2)C[C@H](C)N1. The molecule has 3 aromatic heterocycles. The molecule has 164 valence electrons. The Morgan fingerprint density at radius 2 is 1.84 bits per heavy atom. The summed E-state index contributed by atoms with van der Waals surface area (Å²) in [5.74, 6) is 1.44. The van der Waals surface area contributed by atoms with Crippen LogP contribution in [0.15, 0.2) is 61.1 Å². The maximum atomic E-state index is 13.4. The van der Waals surface area contributed by atoms with Crippen LogP contribution in [0, 0.1) is 5.82 Å². The summed E-state index contributed by atoms with van der Waals surface area (Å²) in [5, 5.41) is 11.3. The van der Waals surface area contributed by atoms with Gasteiger partial charge in [-0.05, 0) is 49.7 Å². The van der Waals surface area contributed by atoms with Crippen LogP contribution in [0.1, 0.15) is 19.5 Å². The van der Waals surface area contributed by atoms with Crippen LogP contribution in [0.5, 0.6) is 0 Å². The fourth-order valence-electron chi connectivity index (χ4n) is 4.38. The van der Waals surface area contributed by atoms with Crippen molar-refractivity contribution in [3.63, 3.8) is 0 Å². The Bertz CT molecular complexity index is 1210. The Kier molecular flexibility index (Phi) is 5.45. The first kappa shape index (κ1) is 20.4. The van der Waals surface area contributed by atoms with Crippen molar-refractivity contribution in [2.45, 2.75) is 32.5 Å². The molecule has 0 amide bonds. The molecule has 1 fully saturated rings. The molecule has 0 spiro atoms. The summed E-state index contributed by atoms with van der Waals surface area (Å²) in [4.78, 5) is 11.7. The highest BCUT2D eigenvalue weighted by molar-refractivity contribution is 5.88. The summed E-state index contributed by atoms with van der Waals surface area (Å²) in [7, 11) is 0. The van der Waals surface area contributed by atoms with Gasteiger partial charge in [0.15, 0.2) is 5.82 Å². The van der Waals surface area contributed by atoms with Crippen molar-refractivity contribution in [3.8, 4) is 11.1 Å². The van der Waals surface area contributed by atoms with Crippen molar-refractivity contribution in [2.75, 3.05) is 23.3 Å². The molecule has 0 bridgehead atoms. The maximum absolute atomic E-state index is 13.4. The Morgan fingerprint density at radius 1 is 1.06 bits per heavy atom. The van der Waals surface area contributed by atoms with Crippen molar-refractivity contribution in [2.24, 2.45) is 0 Å². The van der Waals surface area contributed by atoms with E-state index in [0.29, 0.717) is 24.4 Å². The number of halogens is 1. The van der Waals surface area contributed by atoms with Crippen molar-refractivity contribution in [1.29, 1.82) is 0 Å². The molecule has 32 heavy (non-hydrogen) atoms. The summed E-state index contributed by atoms with van der Waals surface area (Å²) in [6.45, 7) is 6.80. The van der Waals surface area contributed by atoms with Gasteiger partial charge in [0.1, 0.15) is 23.5 Å². The van der Waals surface area contributed by atoms with Gasteiger partial charge in [-0.1, -0.05) is 18.2 Å². The van der Waals surface area contributed by atoms with Gasteiger partial charge in [-0.25, -0.2) is 18.9 Å². The number of hydrogen-bond donors (Lipinski definition) is 2. The molecule has 0 aliphatic carbocycles. The molecule has 4 heterocycles. The molecule has 5 rings (SSSR count). The van der Waals surface area contributed by atoms with Gasteiger partial charge in [-0.2, -0.15) is 5.10 Å². The van der Waals surface area contributed by atoms with E-state index in [0.717, 1.165) is 41.2 Å². The zero-order valence-electron chi connectivity index (χ0n) is 18.2. The third-order valence-corrected chi connectivity index (χ3v) is 5.72. The molecule has 8 heteroatoms. The molecule has 0 unspecified atom stereocenters. The lowest BCUT2D eigenvalue weighted by molar-refractivity contribution is 0.405. The van der Waals surface area contributed by atoms with E-state index in [-0.39, 0.29) is 5.82 Å². The monoisotopic (exact) mass is 431 g/mol. The minimum atomic E-state index is -0.258. The molecule has 0 radical (unpaired) electrons. The van der Waals surface area contributed by atoms with Gasteiger partial charge in [0.25, 0.3) is 0 Å². The molecule has 4 aromatic rings. The van der Waals surface area contributed by atoms with Gasteiger partial charge in [-0.15, -0.1) is 0 Å². The zero-order chi connectivity index (χ0) is 22.1. The Morgan fingerprint density at radius 3 is 2.62 bits per heavy atom. The largest absolute Gasteiger partial charge is 0.363 e. The van der Waals surface area contributed by atoms with Gasteiger partial charge in [-0.3, -0.25) is 0 Å². The van der Waals surface area contributed by atoms with Crippen LogP contribution >= 0.6 is 0 Å². The van der Waals surface area contributed by atoms with Crippen molar-refractivity contribution >= 4 is 17.2 Å². The molecule has 1 aliphatic heterocycles. The first-order valence-corrected chi connectivity index (χ1v) is 10.9. The Balaban J connectivity index is 1.39. The van der Waals surface area contributed by atoms with Crippen LogP contribution in [-0.4, -0.2) is 44.8 Å². The summed E-state index contributed by atoms with van der Waals surface area (Å²) in [6, 6.07) is 15.4. The fourth-order valence-corrected chi connectivity index (χ4v) is 4.38. The van der Waals surface area contributed by atoms with Gasteiger partial charge in [0.2, 0.25) is 0 Å². The quantitative estimate of drug-likeness (QED) is 0.502. The number of aromatic nitrogens is 4. The number of nitrogens with zero attached hydrogens (tertiary/aromatic N) is 5. The lowest BCUT2D eigenvalue weighted by Gasteiger charge is -2.37. The highest BCUT2D eigenvalue weighted by Gasteiger charge is 2.22. The van der Waals surface area contributed by atoms with Crippen LogP contribution < -0.4 is 15.5 Å². The number of hydrogen-bond acceptors (Lipinski definition) is 6. The predicted molar refractivity (Wildman–Crippen MR) is 124 cm³/mol. The number of rotatable bonds is 5. The first-order chi connectivity index (χ1) is 15.6. The number of anilines is 2. The van der Waals surface area contributed by atoms with E-state index < -0.39 is 0 Å². The molecule has 1 aromatic carbocycles. The van der Waals surface area contributed by atoms with Crippen LogP contribution in [0.2, 0.25) is 0 Å². The van der Waals surface area contributed by atoms with Gasteiger partial charge in [0, 0.05) is 36.9 Å². The minimum absolute atomic E-state index is 0.258. The molecule has 2 atom stereocenters. The van der Waals surface area contributed by atoms with Crippen LogP contribution in [0.25, 0.3) is 16.6 Å². The van der Waals surface area contributed by atoms with E-state index in [9.17, 15) is 4.39 Å². The van der Waals surface area contributed by atoms with Gasteiger partial charge in [0.05, 0.1) is 12.2 Å². The second kappa shape index (κ2) is 8.55.